The van der Waals surface area contributed by atoms with Crippen LogP contribution >= 0.6 is 0 Å². The van der Waals surface area contributed by atoms with Crippen LogP contribution in [0.5, 0.6) is 0 Å². The van der Waals surface area contributed by atoms with Crippen LogP contribution in [0.3, 0.4) is 0 Å². The van der Waals surface area contributed by atoms with Crippen LogP contribution in [-0.4, -0.2) is 49.5 Å². The summed E-state index contributed by atoms with van der Waals surface area (Å²) in [6.45, 7) is 1.25. The van der Waals surface area contributed by atoms with Crippen LogP contribution in [0.15, 0.2) is 57.3 Å². The van der Waals surface area contributed by atoms with Crippen molar-refractivity contribution >= 4 is 22.7 Å². The first-order valence-electron chi connectivity index (χ1n) is 11.2. The Bertz CT molecular complexity index is 1510. The molecule has 34 heavy (non-hydrogen) atoms. The molecule has 0 saturated heterocycles. The number of rotatable bonds is 8. The van der Waals surface area contributed by atoms with E-state index in [2.05, 4.69) is 43.3 Å². The van der Waals surface area contributed by atoms with Crippen LogP contribution < -0.4 is 10.9 Å². The quantitative estimate of drug-likeness (QED) is 0.317. The summed E-state index contributed by atoms with van der Waals surface area (Å²) in [6, 6.07) is 10.3. The van der Waals surface area contributed by atoms with Gasteiger partial charge in [-0.05, 0) is 17.6 Å². The van der Waals surface area contributed by atoms with Crippen molar-refractivity contribution in [3.8, 4) is 0 Å². The van der Waals surface area contributed by atoms with Gasteiger partial charge >= 0.3 is 0 Å². The molecule has 10 nitrogen and oxygen atoms in total. The predicted octanol–water partition coefficient (Wildman–Crippen LogP) is 2.35. The Hall–Kier alpha value is -4.01. The molecule has 1 N–H and O–H groups in total. The molecule has 2 aliphatic carbocycles. The van der Waals surface area contributed by atoms with Gasteiger partial charge in [-0.25, -0.2) is 4.98 Å². The van der Waals surface area contributed by atoms with Crippen LogP contribution in [0.2, 0.25) is 0 Å². The third-order valence-electron chi connectivity index (χ3n) is 6.39. The van der Waals surface area contributed by atoms with Crippen molar-refractivity contribution in [2.45, 2.75) is 18.9 Å². The molecule has 172 valence electrons. The highest BCUT2D eigenvalue weighted by atomic mass is 16.5. The van der Waals surface area contributed by atoms with Gasteiger partial charge in [-0.15, -0.1) is 5.73 Å². The van der Waals surface area contributed by atoms with Crippen LogP contribution in [0, 0.1) is 5.92 Å². The highest BCUT2D eigenvalue weighted by Crippen LogP contribution is 2.59. The lowest BCUT2D eigenvalue weighted by molar-refractivity contribution is 0.210. The molecular formula is C24H23N7O3. The second-order valence-corrected chi connectivity index (χ2v) is 8.52. The van der Waals surface area contributed by atoms with Crippen LogP contribution in [0.25, 0.3) is 16.7 Å². The van der Waals surface area contributed by atoms with Crippen molar-refractivity contribution < 1.29 is 9.26 Å². The van der Waals surface area contributed by atoms with E-state index in [1.54, 1.807) is 18.7 Å². The predicted molar refractivity (Wildman–Crippen MR) is 124 cm³/mol. The zero-order valence-corrected chi connectivity index (χ0v) is 18.9. The Morgan fingerprint density at radius 2 is 2.12 bits per heavy atom. The fourth-order valence-electron chi connectivity index (χ4n) is 4.58. The van der Waals surface area contributed by atoms with Gasteiger partial charge in [0.1, 0.15) is 12.9 Å². The number of aryl methyl sites for hydroxylation is 1. The number of anilines is 1. The van der Waals surface area contributed by atoms with Gasteiger partial charge in [-0.1, -0.05) is 35.5 Å². The number of nitrogens with zero attached hydrogens (tertiary/aromatic N) is 6. The second-order valence-electron chi connectivity index (χ2n) is 8.52. The number of allylic oxidation sites excluding steroid dienone is 1. The third kappa shape index (κ3) is 3.44. The second kappa shape index (κ2) is 8.09. The summed E-state index contributed by atoms with van der Waals surface area (Å²) in [5.74, 6) is 2.13. The van der Waals surface area contributed by atoms with Crippen LogP contribution in [0.4, 0.5) is 5.95 Å². The van der Waals surface area contributed by atoms with Crippen molar-refractivity contribution in [1.29, 1.82) is 0 Å². The first kappa shape index (κ1) is 20.6. The number of fused-ring (bicyclic) bond motifs is 2. The molecular weight excluding hydrogens is 434 g/mol. The average molecular weight is 457 g/mol. The number of hydrogen-bond donors (Lipinski definition) is 1. The molecule has 0 amide bonds. The molecule has 1 saturated carbocycles. The Kier molecular flexibility index (Phi) is 4.90. The van der Waals surface area contributed by atoms with Gasteiger partial charge in [0, 0.05) is 32.2 Å². The molecule has 0 radical (unpaired) electrons. The monoisotopic (exact) mass is 457 g/mol. The van der Waals surface area contributed by atoms with E-state index in [9.17, 15) is 4.79 Å². The van der Waals surface area contributed by atoms with E-state index in [1.807, 2.05) is 18.2 Å². The lowest BCUT2D eigenvalue weighted by Crippen LogP contribution is -2.23. The highest BCUT2D eigenvalue weighted by molar-refractivity contribution is 5.73. The maximum absolute atomic E-state index is 13.1. The number of nitrogens with one attached hydrogen (secondary N) is 1. The molecule has 1 fully saturated rings. The Balaban J connectivity index is 1.21. The van der Waals surface area contributed by atoms with E-state index in [1.165, 1.54) is 27.6 Å². The number of aromatic nitrogens is 6. The van der Waals surface area contributed by atoms with E-state index in [0.717, 1.165) is 6.42 Å². The standard InChI is InChI=1S/C24H23N7O3/c1-30-20-22(28-24(30)25-8-9-33-2)26-13-31(23(20)32)12-18-27-21(29-34-18)19-16-10-15(11-17(16)19)14-6-4-3-5-7-14/h3-7,13,16,19H,8-10,12H2,1-2H3,(H,25,28)/t16-,19+/m1/s1. The van der Waals surface area contributed by atoms with Crippen molar-refractivity contribution in [3.05, 3.63) is 75.6 Å². The lowest BCUT2D eigenvalue weighted by atomic mass is 10.0. The van der Waals surface area contributed by atoms with Gasteiger partial charge in [0.05, 0.1) is 12.5 Å². The molecule has 0 spiro atoms. The summed E-state index contributed by atoms with van der Waals surface area (Å²) in [5.41, 5.74) is 7.78. The van der Waals surface area contributed by atoms with Crippen molar-refractivity contribution in [1.82, 2.24) is 29.2 Å². The fourth-order valence-corrected chi connectivity index (χ4v) is 4.58. The smallest absolute Gasteiger partial charge is 0.280 e. The summed E-state index contributed by atoms with van der Waals surface area (Å²) in [6.07, 6.45) is 2.40. The maximum Gasteiger partial charge on any atom is 0.280 e. The van der Waals surface area contributed by atoms with E-state index < -0.39 is 0 Å². The molecule has 3 aromatic heterocycles. The van der Waals surface area contributed by atoms with Gasteiger partial charge in [-0.3, -0.25) is 9.36 Å². The average Bonchev–Trinajstić information content (AvgIpc) is 3.23. The fraction of sp³-hybridized carbons (Fsp3) is 0.333. The van der Waals surface area contributed by atoms with E-state index in [4.69, 9.17) is 9.26 Å². The minimum atomic E-state index is -0.221. The topological polar surface area (TPSA) is 113 Å². The van der Waals surface area contributed by atoms with Gasteiger partial charge in [0.15, 0.2) is 17.0 Å². The zero-order chi connectivity index (χ0) is 23.2. The van der Waals surface area contributed by atoms with Crippen LogP contribution in [0.1, 0.15) is 29.6 Å². The number of benzene rings is 1. The minimum Gasteiger partial charge on any atom is -0.383 e. The Labute approximate surface area is 194 Å². The molecule has 0 unspecified atom stereocenters. The van der Waals surface area contributed by atoms with Gasteiger partial charge in [0.25, 0.3) is 5.56 Å². The molecule has 2 aliphatic rings. The first-order chi connectivity index (χ1) is 16.6. The molecule has 6 rings (SSSR count). The van der Waals surface area contributed by atoms with Gasteiger partial charge in [0.2, 0.25) is 11.8 Å². The summed E-state index contributed by atoms with van der Waals surface area (Å²) < 4.78 is 13.7. The van der Waals surface area contributed by atoms with Gasteiger partial charge in [-0.2, -0.15) is 9.97 Å². The number of hydrogen-bond acceptors (Lipinski definition) is 8. The normalized spacial score (nSPS) is 18.6. The van der Waals surface area contributed by atoms with Crippen LogP contribution in [-0.2, 0) is 18.3 Å². The molecule has 3 heterocycles. The molecule has 2 atom stereocenters. The molecule has 10 heteroatoms. The van der Waals surface area contributed by atoms with Crippen molar-refractivity contribution in [2.75, 3.05) is 25.6 Å². The molecule has 0 bridgehead atoms. The molecule has 4 aromatic rings. The SMILES string of the molecule is COCCNc1nc2ncn(Cc3nc([C@@H]4C5=C=C(c6ccccc6)C[C@H]54)no3)c(=O)c2n1C. The lowest BCUT2D eigenvalue weighted by Gasteiger charge is -2.05. The number of imidazole rings is 1. The number of methoxy groups -OCH3 is 1. The number of ether oxygens (including phenoxy) is 1. The highest BCUT2D eigenvalue weighted by Gasteiger charge is 2.51. The van der Waals surface area contributed by atoms with Gasteiger partial charge < -0.3 is 19.1 Å². The van der Waals surface area contributed by atoms with Crippen molar-refractivity contribution in [2.24, 2.45) is 13.0 Å². The molecule has 0 aliphatic heterocycles. The third-order valence-corrected chi connectivity index (χ3v) is 6.39. The zero-order valence-electron chi connectivity index (χ0n) is 18.9. The summed E-state index contributed by atoms with van der Waals surface area (Å²) in [4.78, 5) is 26.4. The summed E-state index contributed by atoms with van der Waals surface area (Å²) in [7, 11) is 3.41. The minimum absolute atomic E-state index is 0.147. The largest absolute Gasteiger partial charge is 0.383 e. The van der Waals surface area contributed by atoms with E-state index in [-0.39, 0.29) is 18.0 Å². The maximum atomic E-state index is 13.1. The summed E-state index contributed by atoms with van der Waals surface area (Å²) >= 11 is 0. The Morgan fingerprint density at radius 3 is 2.88 bits per heavy atom. The molecule has 1 aromatic carbocycles. The van der Waals surface area contributed by atoms with Crippen molar-refractivity contribution in [3.63, 3.8) is 0 Å². The Morgan fingerprint density at radius 1 is 1.26 bits per heavy atom. The summed E-state index contributed by atoms with van der Waals surface area (Å²) in [5, 5.41) is 7.32. The first-order valence-corrected chi connectivity index (χ1v) is 11.2. The van der Waals surface area contributed by atoms with E-state index in [0.29, 0.717) is 47.9 Å². The van der Waals surface area contributed by atoms with E-state index >= 15 is 0 Å².